The van der Waals surface area contributed by atoms with Gasteiger partial charge in [0.15, 0.2) is 0 Å². The number of morpholine rings is 1. The Hall–Kier alpha value is -1.50. The number of rotatable bonds is 6. The first-order valence-electron chi connectivity index (χ1n) is 7.28. The van der Waals surface area contributed by atoms with Crippen molar-refractivity contribution in [2.75, 3.05) is 39.8 Å². The summed E-state index contributed by atoms with van der Waals surface area (Å²) in [5.41, 5.74) is 6.42. The standard InChI is InChI=1S/C15H24N4O2/c1-12(13-4-3-5-17-8-13)19-6-7-21-14(10-19)9-18(2)11-15(16)20/h3-5,8,12,14H,6-7,9-11H2,1-2H3,(H2,16,20). The number of primary amides is 1. The third kappa shape index (κ3) is 4.77. The number of amides is 1. The van der Waals surface area contributed by atoms with Crippen LogP contribution in [0.1, 0.15) is 18.5 Å². The number of pyridine rings is 1. The molecule has 0 bridgehead atoms. The number of likely N-dealkylation sites (N-methyl/N-ethyl adjacent to an activating group) is 1. The number of nitrogens with two attached hydrogens (primary N) is 1. The molecule has 1 aliphatic rings. The predicted molar refractivity (Wildman–Crippen MR) is 80.7 cm³/mol. The van der Waals surface area contributed by atoms with Gasteiger partial charge in [0.2, 0.25) is 5.91 Å². The van der Waals surface area contributed by atoms with Crippen molar-refractivity contribution in [2.24, 2.45) is 5.73 Å². The van der Waals surface area contributed by atoms with Crippen LogP contribution in [0.3, 0.4) is 0 Å². The zero-order valence-electron chi connectivity index (χ0n) is 12.7. The van der Waals surface area contributed by atoms with Crippen molar-refractivity contribution >= 4 is 5.91 Å². The van der Waals surface area contributed by atoms with E-state index in [9.17, 15) is 4.79 Å². The highest BCUT2D eigenvalue weighted by molar-refractivity contribution is 5.75. The van der Waals surface area contributed by atoms with Crippen LogP contribution in [0.2, 0.25) is 0 Å². The van der Waals surface area contributed by atoms with Crippen LogP contribution in [0.25, 0.3) is 0 Å². The van der Waals surface area contributed by atoms with E-state index >= 15 is 0 Å². The summed E-state index contributed by atoms with van der Waals surface area (Å²) in [5, 5.41) is 0. The molecule has 1 fully saturated rings. The molecule has 2 rings (SSSR count). The molecule has 116 valence electrons. The van der Waals surface area contributed by atoms with Crippen molar-refractivity contribution in [1.29, 1.82) is 0 Å². The summed E-state index contributed by atoms with van der Waals surface area (Å²) in [4.78, 5) is 19.4. The molecule has 2 unspecified atom stereocenters. The summed E-state index contributed by atoms with van der Waals surface area (Å²) in [5.74, 6) is -0.311. The Morgan fingerprint density at radius 2 is 2.48 bits per heavy atom. The average Bonchev–Trinajstić information content (AvgIpc) is 2.46. The van der Waals surface area contributed by atoms with E-state index in [1.54, 1.807) is 6.20 Å². The minimum Gasteiger partial charge on any atom is -0.374 e. The van der Waals surface area contributed by atoms with E-state index in [-0.39, 0.29) is 18.6 Å². The number of ether oxygens (including phenoxy) is 1. The maximum absolute atomic E-state index is 10.9. The molecule has 21 heavy (non-hydrogen) atoms. The lowest BCUT2D eigenvalue weighted by atomic mass is 10.1. The highest BCUT2D eigenvalue weighted by Crippen LogP contribution is 2.21. The Morgan fingerprint density at radius 3 is 3.14 bits per heavy atom. The van der Waals surface area contributed by atoms with Gasteiger partial charge in [-0.2, -0.15) is 0 Å². The van der Waals surface area contributed by atoms with Crippen molar-refractivity contribution in [3.8, 4) is 0 Å². The lowest BCUT2D eigenvalue weighted by molar-refractivity contribution is -0.119. The largest absolute Gasteiger partial charge is 0.374 e. The van der Waals surface area contributed by atoms with Gasteiger partial charge >= 0.3 is 0 Å². The maximum Gasteiger partial charge on any atom is 0.231 e. The fourth-order valence-corrected chi connectivity index (χ4v) is 2.72. The smallest absolute Gasteiger partial charge is 0.231 e. The molecule has 2 N–H and O–H groups in total. The van der Waals surface area contributed by atoms with Gasteiger partial charge in [-0.1, -0.05) is 6.07 Å². The van der Waals surface area contributed by atoms with E-state index in [1.807, 2.05) is 24.2 Å². The third-order valence-corrected chi connectivity index (χ3v) is 3.83. The van der Waals surface area contributed by atoms with Crippen molar-refractivity contribution in [1.82, 2.24) is 14.8 Å². The van der Waals surface area contributed by atoms with Crippen LogP contribution in [-0.2, 0) is 9.53 Å². The molecule has 1 aromatic rings. The topological polar surface area (TPSA) is 71.7 Å². The molecule has 0 aliphatic carbocycles. The minimum absolute atomic E-state index is 0.0993. The fourth-order valence-electron chi connectivity index (χ4n) is 2.72. The van der Waals surface area contributed by atoms with E-state index in [2.05, 4.69) is 22.9 Å². The molecule has 1 aliphatic heterocycles. The number of hydrogen-bond donors (Lipinski definition) is 1. The van der Waals surface area contributed by atoms with E-state index in [4.69, 9.17) is 10.5 Å². The number of nitrogens with zero attached hydrogens (tertiary/aromatic N) is 3. The molecule has 0 aromatic carbocycles. The van der Waals surface area contributed by atoms with Gasteiger partial charge in [0, 0.05) is 38.1 Å². The molecule has 2 heterocycles. The molecule has 1 saturated heterocycles. The van der Waals surface area contributed by atoms with Gasteiger partial charge in [-0.25, -0.2) is 0 Å². The molecule has 0 radical (unpaired) electrons. The van der Waals surface area contributed by atoms with Gasteiger partial charge in [0.1, 0.15) is 0 Å². The molecule has 6 nitrogen and oxygen atoms in total. The van der Waals surface area contributed by atoms with Crippen LogP contribution in [0.5, 0.6) is 0 Å². The lowest BCUT2D eigenvalue weighted by Gasteiger charge is -2.38. The van der Waals surface area contributed by atoms with Crippen molar-refractivity contribution < 1.29 is 9.53 Å². The van der Waals surface area contributed by atoms with Crippen LogP contribution < -0.4 is 5.73 Å². The Morgan fingerprint density at radius 1 is 1.67 bits per heavy atom. The van der Waals surface area contributed by atoms with Crippen molar-refractivity contribution in [3.63, 3.8) is 0 Å². The molecule has 0 saturated carbocycles. The van der Waals surface area contributed by atoms with Crippen LogP contribution in [0.4, 0.5) is 0 Å². The molecule has 6 heteroatoms. The zero-order chi connectivity index (χ0) is 15.2. The van der Waals surface area contributed by atoms with Gasteiger partial charge in [0.25, 0.3) is 0 Å². The zero-order valence-corrected chi connectivity index (χ0v) is 12.7. The van der Waals surface area contributed by atoms with Crippen LogP contribution in [0, 0.1) is 0 Å². The van der Waals surface area contributed by atoms with Gasteiger partial charge < -0.3 is 10.5 Å². The summed E-state index contributed by atoms with van der Waals surface area (Å²) >= 11 is 0. The van der Waals surface area contributed by atoms with Crippen LogP contribution >= 0.6 is 0 Å². The Labute approximate surface area is 125 Å². The minimum atomic E-state index is -0.311. The van der Waals surface area contributed by atoms with Gasteiger partial charge in [0.05, 0.1) is 19.3 Å². The second kappa shape index (κ2) is 7.49. The van der Waals surface area contributed by atoms with E-state index in [1.165, 1.54) is 5.56 Å². The third-order valence-electron chi connectivity index (χ3n) is 3.83. The van der Waals surface area contributed by atoms with Gasteiger partial charge in [-0.3, -0.25) is 19.6 Å². The lowest BCUT2D eigenvalue weighted by Crippen LogP contribution is -2.48. The first-order chi connectivity index (χ1) is 10.1. The molecule has 0 spiro atoms. The van der Waals surface area contributed by atoms with E-state index in [0.29, 0.717) is 19.2 Å². The first kappa shape index (κ1) is 15.9. The quantitative estimate of drug-likeness (QED) is 0.814. The van der Waals surface area contributed by atoms with E-state index < -0.39 is 0 Å². The number of aromatic nitrogens is 1. The highest BCUT2D eigenvalue weighted by Gasteiger charge is 2.26. The normalized spacial score (nSPS) is 21.4. The van der Waals surface area contributed by atoms with E-state index in [0.717, 1.165) is 13.1 Å². The second-order valence-corrected chi connectivity index (χ2v) is 5.61. The Balaban J connectivity index is 1.90. The van der Waals surface area contributed by atoms with Gasteiger partial charge in [-0.05, 0) is 25.6 Å². The summed E-state index contributed by atoms with van der Waals surface area (Å²) in [6.07, 6.45) is 3.80. The SMILES string of the molecule is CC(c1cccnc1)N1CCOC(CN(C)CC(N)=O)C1. The summed E-state index contributed by atoms with van der Waals surface area (Å²) in [6, 6.07) is 4.37. The number of carbonyl (C=O) groups excluding carboxylic acids is 1. The first-order valence-corrected chi connectivity index (χ1v) is 7.28. The van der Waals surface area contributed by atoms with Crippen molar-refractivity contribution in [2.45, 2.75) is 19.1 Å². The summed E-state index contributed by atoms with van der Waals surface area (Å²) in [7, 11) is 1.89. The highest BCUT2D eigenvalue weighted by atomic mass is 16.5. The predicted octanol–water partition coefficient (Wildman–Crippen LogP) is 0.261. The average molecular weight is 292 g/mol. The van der Waals surface area contributed by atoms with Crippen LogP contribution in [0.15, 0.2) is 24.5 Å². The fraction of sp³-hybridized carbons (Fsp3) is 0.600. The Bertz CT molecular complexity index is 454. The monoisotopic (exact) mass is 292 g/mol. The van der Waals surface area contributed by atoms with Gasteiger partial charge in [-0.15, -0.1) is 0 Å². The Kier molecular flexibility index (Phi) is 5.67. The summed E-state index contributed by atoms with van der Waals surface area (Å²) in [6.45, 7) is 5.62. The number of hydrogen-bond acceptors (Lipinski definition) is 5. The van der Waals surface area contributed by atoms with Crippen molar-refractivity contribution in [3.05, 3.63) is 30.1 Å². The van der Waals surface area contributed by atoms with Crippen LogP contribution in [-0.4, -0.2) is 66.6 Å². The molecular formula is C15H24N4O2. The molecular weight excluding hydrogens is 268 g/mol. The second-order valence-electron chi connectivity index (χ2n) is 5.61. The molecule has 1 amide bonds. The molecule has 2 atom stereocenters. The number of carbonyl (C=O) groups is 1. The summed E-state index contributed by atoms with van der Waals surface area (Å²) < 4.78 is 5.80. The maximum atomic E-state index is 10.9. The molecule has 1 aromatic heterocycles.